The molecule has 0 aliphatic heterocycles. The zero-order valence-corrected chi connectivity index (χ0v) is 9.88. The number of carbonyl (C=O) groups excluding carboxylic acids is 1. The monoisotopic (exact) mass is 208 g/mol. The molecule has 2 nitrogen and oxygen atoms in total. The minimum Gasteiger partial charge on any atom is -0.468 e. The first-order chi connectivity index (χ1) is 7.10. The molecule has 0 fully saturated rings. The number of allylic oxidation sites excluding steroid dienone is 3. The molecule has 1 rings (SSSR count). The standard InChI is InChI=1S/C13H20O2/c1-11(2)7-10-13(12(14)15-3)8-5-4-6-9-13/h5,7-8H,4,6,9-10H2,1-3H3. The van der Waals surface area contributed by atoms with Gasteiger partial charge in [-0.3, -0.25) is 4.79 Å². The maximum Gasteiger partial charge on any atom is 0.315 e. The van der Waals surface area contributed by atoms with E-state index in [4.69, 9.17) is 4.74 Å². The molecule has 1 atom stereocenters. The van der Waals surface area contributed by atoms with Gasteiger partial charge in [0.15, 0.2) is 0 Å². The molecule has 0 aromatic carbocycles. The van der Waals surface area contributed by atoms with Crippen LogP contribution in [0.5, 0.6) is 0 Å². The quantitative estimate of drug-likeness (QED) is 0.525. The number of ether oxygens (including phenoxy) is 1. The molecule has 0 saturated heterocycles. The van der Waals surface area contributed by atoms with Crippen molar-refractivity contribution in [2.75, 3.05) is 7.11 Å². The maximum atomic E-state index is 11.8. The molecular weight excluding hydrogens is 188 g/mol. The van der Waals surface area contributed by atoms with Crippen LogP contribution in [0.15, 0.2) is 23.8 Å². The lowest BCUT2D eigenvalue weighted by Crippen LogP contribution is -2.31. The van der Waals surface area contributed by atoms with E-state index in [0.29, 0.717) is 0 Å². The Bertz CT molecular complexity index is 285. The van der Waals surface area contributed by atoms with E-state index in [-0.39, 0.29) is 5.97 Å². The molecule has 0 N–H and O–H groups in total. The highest BCUT2D eigenvalue weighted by Gasteiger charge is 2.36. The number of hydrogen-bond acceptors (Lipinski definition) is 2. The molecule has 0 aromatic heterocycles. The molecule has 0 radical (unpaired) electrons. The zero-order chi connectivity index (χ0) is 11.3. The highest BCUT2D eigenvalue weighted by Crippen LogP contribution is 2.36. The van der Waals surface area contributed by atoms with Gasteiger partial charge in [0.1, 0.15) is 0 Å². The Morgan fingerprint density at radius 3 is 2.73 bits per heavy atom. The Labute approximate surface area is 92.0 Å². The van der Waals surface area contributed by atoms with Crippen LogP contribution in [0.2, 0.25) is 0 Å². The fourth-order valence-electron chi connectivity index (χ4n) is 1.94. The summed E-state index contributed by atoms with van der Waals surface area (Å²) in [7, 11) is 1.47. The SMILES string of the molecule is COC(=O)C1(CC=C(C)C)C=CCCC1. The van der Waals surface area contributed by atoms with Crippen LogP contribution in [0.3, 0.4) is 0 Å². The normalized spacial score (nSPS) is 24.7. The topological polar surface area (TPSA) is 26.3 Å². The van der Waals surface area contributed by atoms with Gasteiger partial charge in [0.2, 0.25) is 0 Å². The van der Waals surface area contributed by atoms with Crippen molar-refractivity contribution in [3.63, 3.8) is 0 Å². The zero-order valence-electron chi connectivity index (χ0n) is 9.88. The molecule has 0 aromatic rings. The molecule has 0 heterocycles. The molecule has 0 spiro atoms. The average Bonchev–Trinajstić information content (AvgIpc) is 2.26. The van der Waals surface area contributed by atoms with Gasteiger partial charge in [-0.2, -0.15) is 0 Å². The van der Waals surface area contributed by atoms with E-state index in [1.807, 2.05) is 6.08 Å². The van der Waals surface area contributed by atoms with Crippen LogP contribution in [0.1, 0.15) is 39.5 Å². The first kappa shape index (κ1) is 12.0. The second-order valence-corrected chi connectivity index (χ2v) is 4.43. The number of carbonyl (C=O) groups is 1. The van der Waals surface area contributed by atoms with Crippen molar-refractivity contribution >= 4 is 5.97 Å². The lowest BCUT2D eigenvalue weighted by atomic mass is 9.76. The van der Waals surface area contributed by atoms with Gasteiger partial charge >= 0.3 is 5.97 Å². The molecule has 2 heteroatoms. The van der Waals surface area contributed by atoms with Gasteiger partial charge < -0.3 is 4.74 Å². The van der Waals surface area contributed by atoms with Crippen molar-refractivity contribution in [2.45, 2.75) is 39.5 Å². The second kappa shape index (κ2) is 5.15. The maximum absolute atomic E-state index is 11.8. The summed E-state index contributed by atoms with van der Waals surface area (Å²) in [6.07, 6.45) is 10.1. The predicted molar refractivity (Wildman–Crippen MR) is 61.5 cm³/mol. The molecule has 0 saturated carbocycles. The summed E-state index contributed by atoms with van der Waals surface area (Å²) < 4.78 is 4.91. The fraction of sp³-hybridized carbons (Fsp3) is 0.615. The Balaban J connectivity index is 2.85. The summed E-state index contributed by atoms with van der Waals surface area (Å²) in [5.74, 6) is -0.101. The first-order valence-corrected chi connectivity index (χ1v) is 5.50. The molecule has 0 bridgehead atoms. The van der Waals surface area contributed by atoms with Crippen molar-refractivity contribution in [3.05, 3.63) is 23.8 Å². The van der Waals surface area contributed by atoms with Crippen molar-refractivity contribution < 1.29 is 9.53 Å². The number of methoxy groups -OCH3 is 1. The number of esters is 1. The van der Waals surface area contributed by atoms with Gasteiger partial charge in [-0.05, 0) is 39.5 Å². The molecule has 1 aliphatic rings. The molecule has 15 heavy (non-hydrogen) atoms. The average molecular weight is 208 g/mol. The fourth-order valence-corrected chi connectivity index (χ4v) is 1.94. The third kappa shape index (κ3) is 2.95. The van der Waals surface area contributed by atoms with Crippen LogP contribution >= 0.6 is 0 Å². The lowest BCUT2D eigenvalue weighted by molar-refractivity contribution is -0.150. The van der Waals surface area contributed by atoms with E-state index in [9.17, 15) is 4.79 Å². The molecule has 1 aliphatic carbocycles. The number of rotatable bonds is 3. The van der Waals surface area contributed by atoms with E-state index >= 15 is 0 Å². The Hall–Kier alpha value is -1.05. The van der Waals surface area contributed by atoms with Crippen LogP contribution in [0, 0.1) is 5.41 Å². The van der Waals surface area contributed by atoms with Crippen LogP contribution in [-0.4, -0.2) is 13.1 Å². The smallest absolute Gasteiger partial charge is 0.315 e. The van der Waals surface area contributed by atoms with Crippen molar-refractivity contribution in [1.82, 2.24) is 0 Å². The van der Waals surface area contributed by atoms with Gasteiger partial charge in [0.25, 0.3) is 0 Å². The van der Waals surface area contributed by atoms with E-state index in [1.165, 1.54) is 12.7 Å². The molecule has 0 amide bonds. The summed E-state index contributed by atoms with van der Waals surface area (Å²) >= 11 is 0. The van der Waals surface area contributed by atoms with Crippen LogP contribution in [-0.2, 0) is 9.53 Å². The number of hydrogen-bond donors (Lipinski definition) is 0. The Morgan fingerprint density at radius 1 is 1.53 bits per heavy atom. The van der Waals surface area contributed by atoms with Gasteiger partial charge in [-0.25, -0.2) is 0 Å². The second-order valence-electron chi connectivity index (χ2n) is 4.43. The van der Waals surface area contributed by atoms with Crippen molar-refractivity contribution in [2.24, 2.45) is 5.41 Å². The molecular formula is C13H20O2. The molecule has 84 valence electrons. The van der Waals surface area contributed by atoms with Crippen molar-refractivity contribution in [3.8, 4) is 0 Å². The highest BCUT2D eigenvalue weighted by molar-refractivity contribution is 5.79. The van der Waals surface area contributed by atoms with Crippen molar-refractivity contribution in [1.29, 1.82) is 0 Å². The third-order valence-corrected chi connectivity index (χ3v) is 2.90. The Morgan fingerprint density at radius 2 is 2.27 bits per heavy atom. The van der Waals surface area contributed by atoms with E-state index < -0.39 is 5.41 Å². The summed E-state index contributed by atoms with van der Waals surface area (Å²) in [5.41, 5.74) is 0.849. The predicted octanol–water partition coefficient (Wildman–Crippen LogP) is 3.24. The summed E-state index contributed by atoms with van der Waals surface area (Å²) in [6.45, 7) is 4.11. The lowest BCUT2D eigenvalue weighted by Gasteiger charge is -2.29. The van der Waals surface area contributed by atoms with Crippen LogP contribution in [0.25, 0.3) is 0 Å². The van der Waals surface area contributed by atoms with E-state index in [1.54, 1.807) is 0 Å². The minimum atomic E-state index is -0.399. The highest BCUT2D eigenvalue weighted by atomic mass is 16.5. The van der Waals surface area contributed by atoms with Gasteiger partial charge in [-0.15, -0.1) is 0 Å². The summed E-state index contributed by atoms with van der Waals surface area (Å²) in [5, 5.41) is 0. The van der Waals surface area contributed by atoms with E-state index in [0.717, 1.165) is 25.7 Å². The summed E-state index contributed by atoms with van der Waals surface area (Å²) in [6, 6.07) is 0. The van der Waals surface area contributed by atoms with Gasteiger partial charge in [0.05, 0.1) is 12.5 Å². The first-order valence-electron chi connectivity index (χ1n) is 5.50. The van der Waals surface area contributed by atoms with Gasteiger partial charge in [-0.1, -0.05) is 23.8 Å². The van der Waals surface area contributed by atoms with Crippen LogP contribution < -0.4 is 0 Å². The minimum absolute atomic E-state index is 0.101. The largest absolute Gasteiger partial charge is 0.468 e. The van der Waals surface area contributed by atoms with Gasteiger partial charge in [0, 0.05) is 0 Å². The third-order valence-electron chi connectivity index (χ3n) is 2.90. The molecule has 1 unspecified atom stereocenters. The summed E-state index contributed by atoms with van der Waals surface area (Å²) in [4.78, 5) is 11.8. The Kier molecular flexibility index (Phi) is 4.13. The van der Waals surface area contributed by atoms with E-state index in [2.05, 4.69) is 26.0 Å². The van der Waals surface area contributed by atoms with Crippen LogP contribution in [0.4, 0.5) is 0 Å².